The standard InChI is InChI=1S/C14H19FN2O.ClH/c1-10-4-5-12(15)11(8-10)13(18)17-14(9-16)6-2-3-7-14;/h4-5,8H,2-3,6-7,9,16H2,1H3,(H,17,18);1H. The number of amides is 1. The summed E-state index contributed by atoms with van der Waals surface area (Å²) in [5.74, 6) is -0.841. The summed E-state index contributed by atoms with van der Waals surface area (Å²) in [5.41, 5.74) is 6.39. The molecule has 0 bridgehead atoms. The van der Waals surface area contributed by atoms with Crippen molar-refractivity contribution in [3.05, 3.63) is 35.1 Å². The minimum atomic E-state index is -0.483. The highest BCUT2D eigenvalue weighted by Crippen LogP contribution is 2.29. The molecule has 1 amide bonds. The van der Waals surface area contributed by atoms with Crippen LogP contribution in [0.3, 0.4) is 0 Å². The van der Waals surface area contributed by atoms with Gasteiger partial charge in [0, 0.05) is 6.54 Å². The highest BCUT2D eigenvalue weighted by atomic mass is 35.5. The van der Waals surface area contributed by atoms with E-state index in [4.69, 9.17) is 5.73 Å². The van der Waals surface area contributed by atoms with E-state index in [2.05, 4.69) is 5.32 Å². The van der Waals surface area contributed by atoms with E-state index in [0.717, 1.165) is 31.2 Å². The van der Waals surface area contributed by atoms with Crippen LogP contribution in [0.2, 0.25) is 0 Å². The quantitative estimate of drug-likeness (QED) is 0.897. The number of nitrogens with two attached hydrogens (primary N) is 1. The second-order valence-electron chi connectivity index (χ2n) is 5.13. The Morgan fingerprint density at radius 3 is 2.63 bits per heavy atom. The molecule has 5 heteroatoms. The van der Waals surface area contributed by atoms with Gasteiger partial charge in [-0.15, -0.1) is 12.4 Å². The molecule has 0 spiro atoms. The zero-order valence-corrected chi connectivity index (χ0v) is 11.9. The molecule has 1 aromatic carbocycles. The number of benzene rings is 1. The van der Waals surface area contributed by atoms with Gasteiger partial charge in [-0.3, -0.25) is 4.79 Å². The molecule has 1 fully saturated rings. The Kier molecular flexibility index (Phi) is 5.32. The van der Waals surface area contributed by atoms with Crippen molar-refractivity contribution in [3.63, 3.8) is 0 Å². The van der Waals surface area contributed by atoms with Gasteiger partial charge in [0.1, 0.15) is 5.82 Å². The van der Waals surface area contributed by atoms with Crippen LogP contribution in [0.5, 0.6) is 0 Å². The first kappa shape index (κ1) is 15.9. The van der Waals surface area contributed by atoms with Crippen molar-refractivity contribution in [3.8, 4) is 0 Å². The molecule has 0 unspecified atom stereocenters. The lowest BCUT2D eigenvalue weighted by Crippen LogP contribution is -2.51. The van der Waals surface area contributed by atoms with E-state index in [-0.39, 0.29) is 29.4 Å². The summed E-state index contributed by atoms with van der Waals surface area (Å²) in [7, 11) is 0. The van der Waals surface area contributed by atoms with Gasteiger partial charge in [-0.1, -0.05) is 24.5 Å². The predicted octanol–water partition coefficient (Wildman–Crippen LogP) is 2.56. The summed E-state index contributed by atoms with van der Waals surface area (Å²) < 4.78 is 13.6. The number of carbonyl (C=O) groups excluding carboxylic acids is 1. The third-order valence-corrected chi connectivity index (χ3v) is 3.70. The van der Waals surface area contributed by atoms with E-state index in [1.165, 1.54) is 6.07 Å². The molecule has 0 atom stereocenters. The molecule has 1 aromatic rings. The molecule has 0 aromatic heterocycles. The van der Waals surface area contributed by atoms with Crippen molar-refractivity contribution in [1.82, 2.24) is 5.32 Å². The number of aryl methyl sites for hydroxylation is 1. The number of carbonyl (C=O) groups is 1. The predicted molar refractivity (Wildman–Crippen MR) is 76.1 cm³/mol. The second kappa shape index (κ2) is 6.35. The summed E-state index contributed by atoms with van der Waals surface area (Å²) in [4.78, 5) is 12.1. The fraction of sp³-hybridized carbons (Fsp3) is 0.500. The number of hydrogen-bond acceptors (Lipinski definition) is 2. The van der Waals surface area contributed by atoms with Gasteiger partial charge in [-0.05, 0) is 31.9 Å². The molecule has 1 aliphatic rings. The smallest absolute Gasteiger partial charge is 0.254 e. The molecule has 0 heterocycles. The van der Waals surface area contributed by atoms with E-state index in [9.17, 15) is 9.18 Å². The van der Waals surface area contributed by atoms with E-state index < -0.39 is 5.82 Å². The van der Waals surface area contributed by atoms with Crippen LogP contribution >= 0.6 is 12.4 Å². The highest BCUT2D eigenvalue weighted by molar-refractivity contribution is 5.95. The molecule has 3 N–H and O–H groups in total. The molecule has 19 heavy (non-hydrogen) atoms. The number of rotatable bonds is 3. The topological polar surface area (TPSA) is 55.1 Å². The highest BCUT2D eigenvalue weighted by Gasteiger charge is 2.34. The fourth-order valence-electron chi connectivity index (χ4n) is 2.55. The van der Waals surface area contributed by atoms with Gasteiger partial charge < -0.3 is 11.1 Å². The van der Waals surface area contributed by atoms with Crippen molar-refractivity contribution in [2.45, 2.75) is 38.1 Å². The Morgan fingerprint density at radius 1 is 1.42 bits per heavy atom. The average molecular weight is 287 g/mol. The van der Waals surface area contributed by atoms with Gasteiger partial charge in [0.25, 0.3) is 5.91 Å². The van der Waals surface area contributed by atoms with E-state index in [0.29, 0.717) is 6.54 Å². The van der Waals surface area contributed by atoms with Crippen LogP contribution < -0.4 is 11.1 Å². The van der Waals surface area contributed by atoms with Gasteiger partial charge in [0.2, 0.25) is 0 Å². The van der Waals surface area contributed by atoms with Crippen molar-refractivity contribution in [2.24, 2.45) is 5.73 Å². The van der Waals surface area contributed by atoms with Gasteiger partial charge in [0.05, 0.1) is 11.1 Å². The van der Waals surface area contributed by atoms with Crippen molar-refractivity contribution >= 4 is 18.3 Å². The van der Waals surface area contributed by atoms with Crippen LogP contribution in [0.1, 0.15) is 41.6 Å². The molecule has 0 saturated heterocycles. The van der Waals surface area contributed by atoms with Crippen LogP contribution in [-0.4, -0.2) is 18.0 Å². The van der Waals surface area contributed by atoms with Crippen molar-refractivity contribution < 1.29 is 9.18 Å². The maximum absolute atomic E-state index is 13.6. The molecular formula is C14H20ClFN2O. The summed E-state index contributed by atoms with van der Waals surface area (Å²) >= 11 is 0. The van der Waals surface area contributed by atoms with Crippen LogP contribution in [-0.2, 0) is 0 Å². The maximum Gasteiger partial charge on any atom is 0.254 e. The summed E-state index contributed by atoms with van der Waals surface area (Å²) in [6.45, 7) is 2.25. The normalized spacial score (nSPS) is 16.8. The summed E-state index contributed by atoms with van der Waals surface area (Å²) in [6, 6.07) is 4.55. The first-order chi connectivity index (χ1) is 8.56. The van der Waals surface area contributed by atoms with Gasteiger partial charge >= 0.3 is 0 Å². The van der Waals surface area contributed by atoms with Crippen molar-refractivity contribution in [1.29, 1.82) is 0 Å². The van der Waals surface area contributed by atoms with E-state index in [1.807, 2.05) is 6.92 Å². The number of halogens is 2. The Hall–Kier alpha value is -1.13. The van der Waals surface area contributed by atoms with E-state index in [1.54, 1.807) is 12.1 Å². The molecule has 0 aliphatic heterocycles. The molecule has 3 nitrogen and oxygen atoms in total. The Morgan fingerprint density at radius 2 is 2.05 bits per heavy atom. The molecule has 0 radical (unpaired) electrons. The first-order valence-corrected chi connectivity index (χ1v) is 6.35. The molecule has 1 aliphatic carbocycles. The van der Waals surface area contributed by atoms with Crippen molar-refractivity contribution in [2.75, 3.05) is 6.54 Å². The van der Waals surface area contributed by atoms with Crippen LogP contribution in [0.4, 0.5) is 4.39 Å². The van der Waals surface area contributed by atoms with Crippen LogP contribution in [0.25, 0.3) is 0 Å². The maximum atomic E-state index is 13.6. The zero-order valence-electron chi connectivity index (χ0n) is 11.0. The zero-order chi connectivity index (χ0) is 13.2. The SMILES string of the molecule is Cc1ccc(F)c(C(=O)NC2(CN)CCCC2)c1.Cl. The number of hydrogen-bond donors (Lipinski definition) is 2. The molecule has 1 saturated carbocycles. The third kappa shape index (κ3) is 3.45. The number of nitrogens with one attached hydrogen (secondary N) is 1. The first-order valence-electron chi connectivity index (χ1n) is 6.35. The molecule has 2 rings (SSSR count). The molecular weight excluding hydrogens is 267 g/mol. The lowest BCUT2D eigenvalue weighted by molar-refractivity contribution is 0.0899. The largest absolute Gasteiger partial charge is 0.345 e. The lowest BCUT2D eigenvalue weighted by Gasteiger charge is -2.28. The van der Waals surface area contributed by atoms with E-state index >= 15 is 0 Å². The van der Waals surface area contributed by atoms with Gasteiger partial charge in [0.15, 0.2) is 0 Å². The second-order valence-corrected chi connectivity index (χ2v) is 5.13. The Labute approximate surface area is 119 Å². The third-order valence-electron chi connectivity index (χ3n) is 3.70. The van der Waals surface area contributed by atoms with Crippen LogP contribution in [0, 0.1) is 12.7 Å². The Bertz CT molecular complexity index is 459. The lowest BCUT2D eigenvalue weighted by atomic mass is 9.97. The summed E-state index contributed by atoms with van der Waals surface area (Å²) in [6.07, 6.45) is 3.88. The minimum Gasteiger partial charge on any atom is -0.345 e. The van der Waals surface area contributed by atoms with Gasteiger partial charge in [-0.25, -0.2) is 4.39 Å². The average Bonchev–Trinajstić information content (AvgIpc) is 2.81. The summed E-state index contributed by atoms with van der Waals surface area (Å²) in [5, 5.41) is 2.92. The Balaban J connectivity index is 0.00000180. The van der Waals surface area contributed by atoms with Crippen LogP contribution in [0.15, 0.2) is 18.2 Å². The molecule has 106 valence electrons. The monoisotopic (exact) mass is 286 g/mol. The van der Waals surface area contributed by atoms with Gasteiger partial charge in [-0.2, -0.15) is 0 Å². The fourth-order valence-corrected chi connectivity index (χ4v) is 2.55. The minimum absolute atomic E-state index is 0.